The fourth-order valence-electron chi connectivity index (χ4n) is 3.45. The van der Waals surface area contributed by atoms with Gasteiger partial charge >= 0.3 is 0 Å². The molecule has 7 heteroatoms. The average molecular weight is 494 g/mol. The lowest BCUT2D eigenvalue weighted by atomic mass is 9.93. The lowest BCUT2D eigenvalue weighted by molar-refractivity contribution is 0.405. The van der Waals surface area contributed by atoms with Gasteiger partial charge in [-0.05, 0) is 48.0 Å². The number of hydrogen-bond donors (Lipinski definition) is 2. The second kappa shape index (κ2) is 8.44. The van der Waals surface area contributed by atoms with Crippen LogP contribution in [0, 0.1) is 5.82 Å². The van der Waals surface area contributed by atoms with E-state index in [2.05, 4.69) is 21.2 Å². The standard InChI is InChI=1S/C22H16BrCl2FN2O/c23-13-6-9-20(29)15(10-13)19-11-18(12-4-7-14(24)8-5-12)27-22(28-19)21-16(25)2-1-3-17(21)26/h1-10,19,22,28-29H,11H2. The average Bonchev–Trinajstić information content (AvgIpc) is 2.70. The normalized spacial score (nSPS) is 19.1. The van der Waals surface area contributed by atoms with E-state index in [0.29, 0.717) is 22.0 Å². The molecule has 1 heterocycles. The van der Waals surface area contributed by atoms with Crippen LogP contribution in [0.15, 0.2) is 70.1 Å². The molecule has 3 aromatic carbocycles. The van der Waals surface area contributed by atoms with Crippen molar-refractivity contribution < 1.29 is 9.50 Å². The molecular formula is C22H16BrCl2FN2O. The lowest BCUT2D eigenvalue weighted by Crippen LogP contribution is -2.33. The van der Waals surface area contributed by atoms with E-state index >= 15 is 0 Å². The van der Waals surface area contributed by atoms with E-state index in [-0.39, 0.29) is 17.4 Å². The van der Waals surface area contributed by atoms with Crippen molar-refractivity contribution in [3.63, 3.8) is 0 Å². The Labute approximate surface area is 186 Å². The largest absolute Gasteiger partial charge is 0.508 e. The van der Waals surface area contributed by atoms with Crippen molar-refractivity contribution in [1.29, 1.82) is 0 Å². The molecule has 2 unspecified atom stereocenters. The molecule has 0 aliphatic carbocycles. The van der Waals surface area contributed by atoms with Crippen molar-refractivity contribution in [1.82, 2.24) is 5.32 Å². The number of phenols is 1. The Morgan fingerprint density at radius 3 is 2.55 bits per heavy atom. The first-order chi connectivity index (χ1) is 13.9. The van der Waals surface area contributed by atoms with Crippen molar-refractivity contribution in [2.45, 2.75) is 18.6 Å². The molecular weight excluding hydrogens is 478 g/mol. The molecule has 148 valence electrons. The number of halogens is 4. The van der Waals surface area contributed by atoms with Gasteiger partial charge in [-0.3, -0.25) is 10.3 Å². The smallest absolute Gasteiger partial charge is 0.131 e. The van der Waals surface area contributed by atoms with Crippen molar-refractivity contribution in [3.8, 4) is 5.75 Å². The third kappa shape index (κ3) is 4.33. The Bertz CT molecular complexity index is 1070. The summed E-state index contributed by atoms with van der Waals surface area (Å²) < 4.78 is 15.5. The molecule has 4 rings (SSSR count). The maximum atomic E-state index is 14.6. The highest BCUT2D eigenvalue weighted by molar-refractivity contribution is 9.10. The summed E-state index contributed by atoms with van der Waals surface area (Å²) in [6, 6.07) is 16.8. The predicted molar refractivity (Wildman–Crippen MR) is 118 cm³/mol. The number of aliphatic imine (C=N–C) groups is 1. The number of rotatable bonds is 3. The van der Waals surface area contributed by atoms with Gasteiger partial charge in [0.2, 0.25) is 0 Å². The minimum absolute atomic E-state index is 0.154. The van der Waals surface area contributed by atoms with E-state index in [4.69, 9.17) is 28.2 Å². The second-order valence-corrected chi connectivity index (χ2v) is 8.51. The van der Waals surface area contributed by atoms with E-state index in [1.165, 1.54) is 6.07 Å². The molecule has 1 aliphatic heterocycles. The summed E-state index contributed by atoms with van der Waals surface area (Å²) in [5.41, 5.74) is 2.62. The molecule has 0 bridgehead atoms. The highest BCUT2D eigenvalue weighted by Gasteiger charge is 2.30. The van der Waals surface area contributed by atoms with Gasteiger partial charge in [-0.2, -0.15) is 0 Å². The fourth-order valence-corrected chi connectivity index (χ4v) is 4.22. The van der Waals surface area contributed by atoms with Gasteiger partial charge in [-0.1, -0.05) is 57.3 Å². The van der Waals surface area contributed by atoms with Crippen LogP contribution in [0.2, 0.25) is 10.0 Å². The number of benzene rings is 3. The molecule has 0 fully saturated rings. The molecule has 1 aliphatic rings. The van der Waals surface area contributed by atoms with Gasteiger partial charge in [-0.25, -0.2) is 4.39 Å². The molecule has 0 saturated heterocycles. The van der Waals surface area contributed by atoms with Crippen molar-refractivity contribution in [3.05, 3.63) is 97.7 Å². The first-order valence-corrected chi connectivity index (χ1v) is 10.5. The van der Waals surface area contributed by atoms with Gasteiger partial charge in [0.15, 0.2) is 0 Å². The molecule has 0 radical (unpaired) electrons. The third-order valence-corrected chi connectivity index (χ3v) is 5.93. The van der Waals surface area contributed by atoms with Gasteiger partial charge in [-0.15, -0.1) is 0 Å². The molecule has 2 N–H and O–H groups in total. The number of nitrogens with zero attached hydrogens (tertiary/aromatic N) is 1. The van der Waals surface area contributed by atoms with E-state index in [1.807, 2.05) is 18.2 Å². The molecule has 0 amide bonds. The topological polar surface area (TPSA) is 44.6 Å². The quantitative estimate of drug-likeness (QED) is 0.420. The monoisotopic (exact) mass is 492 g/mol. The second-order valence-electron chi connectivity index (χ2n) is 6.75. The molecule has 0 saturated carbocycles. The van der Waals surface area contributed by atoms with E-state index < -0.39 is 12.0 Å². The molecule has 2 atom stereocenters. The Morgan fingerprint density at radius 2 is 1.83 bits per heavy atom. The van der Waals surface area contributed by atoms with Gasteiger partial charge < -0.3 is 5.11 Å². The van der Waals surface area contributed by atoms with Crippen LogP contribution in [0.1, 0.15) is 35.3 Å². The van der Waals surface area contributed by atoms with Crippen molar-refractivity contribution in [2.75, 3.05) is 0 Å². The fraction of sp³-hybridized carbons (Fsp3) is 0.136. The summed E-state index contributed by atoms with van der Waals surface area (Å²) in [5.74, 6) is -0.283. The summed E-state index contributed by atoms with van der Waals surface area (Å²) in [4.78, 5) is 4.75. The highest BCUT2D eigenvalue weighted by Crippen LogP contribution is 2.38. The van der Waals surface area contributed by atoms with E-state index in [1.54, 1.807) is 36.4 Å². The van der Waals surface area contributed by atoms with Gasteiger partial charge in [0, 0.05) is 38.8 Å². The van der Waals surface area contributed by atoms with E-state index in [0.717, 1.165) is 15.7 Å². The van der Waals surface area contributed by atoms with Gasteiger partial charge in [0.1, 0.15) is 17.7 Å². The van der Waals surface area contributed by atoms with Gasteiger partial charge in [0.25, 0.3) is 0 Å². The maximum Gasteiger partial charge on any atom is 0.131 e. The lowest BCUT2D eigenvalue weighted by Gasteiger charge is -2.31. The Morgan fingerprint density at radius 1 is 1.07 bits per heavy atom. The highest BCUT2D eigenvalue weighted by atomic mass is 79.9. The van der Waals surface area contributed by atoms with Crippen LogP contribution < -0.4 is 5.32 Å². The maximum absolute atomic E-state index is 14.6. The first-order valence-electron chi connectivity index (χ1n) is 8.93. The van der Waals surface area contributed by atoms with E-state index in [9.17, 15) is 9.50 Å². The van der Waals surface area contributed by atoms with Crippen LogP contribution in [0.4, 0.5) is 4.39 Å². The Balaban J connectivity index is 1.82. The van der Waals surface area contributed by atoms with Crippen LogP contribution in [0.5, 0.6) is 5.75 Å². The van der Waals surface area contributed by atoms with Gasteiger partial charge in [0.05, 0.1) is 5.02 Å². The van der Waals surface area contributed by atoms with Crippen LogP contribution >= 0.6 is 39.1 Å². The predicted octanol–water partition coefficient (Wildman–Crippen LogP) is 6.82. The zero-order chi connectivity index (χ0) is 20.5. The number of hydrogen-bond acceptors (Lipinski definition) is 3. The Kier molecular flexibility index (Phi) is 5.93. The molecule has 0 spiro atoms. The Hall–Kier alpha value is -1.92. The van der Waals surface area contributed by atoms with Crippen molar-refractivity contribution >= 4 is 44.8 Å². The molecule has 0 aromatic heterocycles. The summed E-state index contributed by atoms with van der Waals surface area (Å²) >= 11 is 15.8. The molecule has 3 nitrogen and oxygen atoms in total. The summed E-state index contributed by atoms with van der Waals surface area (Å²) in [6.07, 6.45) is -0.194. The zero-order valence-corrected chi connectivity index (χ0v) is 18.1. The summed E-state index contributed by atoms with van der Waals surface area (Å²) in [6.45, 7) is 0. The summed E-state index contributed by atoms with van der Waals surface area (Å²) in [5, 5.41) is 14.7. The number of phenolic OH excluding ortho intramolecular Hbond substituents is 1. The third-order valence-electron chi connectivity index (χ3n) is 4.86. The number of nitrogens with one attached hydrogen (secondary N) is 1. The van der Waals surface area contributed by atoms with Crippen LogP contribution in [-0.2, 0) is 0 Å². The SMILES string of the molecule is Oc1ccc(Br)cc1C1CC(c2ccc(Cl)cc2)=NC(c2c(F)cccc2Cl)N1. The van der Waals surface area contributed by atoms with Crippen LogP contribution in [-0.4, -0.2) is 10.8 Å². The molecule has 29 heavy (non-hydrogen) atoms. The van der Waals surface area contributed by atoms with Crippen LogP contribution in [0.3, 0.4) is 0 Å². The van der Waals surface area contributed by atoms with Crippen LogP contribution in [0.25, 0.3) is 0 Å². The van der Waals surface area contributed by atoms with Crippen molar-refractivity contribution in [2.24, 2.45) is 4.99 Å². The number of aromatic hydroxyl groups is 1. The summed E-state index contributed by atoms with van der Waals surface area (Å²) in [7, 11) is 0. The molecule has 3 aromatic rings. The minimum atomic E-state index is -0.702. The first kappa shape index (κ1) is 20.4. The minimum Gasteiger partial charge on any atom is -0.508 e. The zero-order valence-electron chi connectivity index (χ0n) is 15.0.